The molecule has 2 aromatic rings. The number of para-hydroxylation sites is 3. The highest BCUT2D eigenvalue weighted by Gasteiger charge is 2.36. The standard InChI is InChI=1S/C19H20ClN3O2/c1-22(2)17-10-6-4-8-15(17)21-19(25)13-11-18(24)23(12-13)16-9-5-3-7-14(16)20/h3-10,13H,11-12H2,1-2H3,(H,21,25). The Kier molecular flexibility index (Phi) is 4.95. The molecule has 6 heteroatoms. The molecule has 5 nitrogen and oxygen atoms in total. The Labute approximate surface area is 152 Å². The molecule has 1 N–H and O–H groups in total. The van der Waals surface area contributed by atoms with Crippen molar-refractivity contribution < 1.29 is 9.59 Å². The van der Waals surface area contributed by atoms with Gasteiger partial charge in [0.15, 0.2) is 0 Å². The molecular formula is C19H20ClN3O2. The molecule has 3 rings (SSSR count). The molecular weight excluding hydrogens is 338 g/mol. The first-order chi connectivity index (χ1) is 12.0. The lowest BCUT2D eigenvalue weighted by atomic mass is 10.1. The number of hydrogen-bond acceptors (Lipinski definition) is 3. The first kappa shape index (κ1) is 17.3. The van der Waals surface area contributed by atoms with Crippen LogP contribution in [0.2, 0.25) is 5.02 Å². The van der Waals surface area contributed by atoms with Crippen molar-refractivity contribution >= 4 is 40.5 Å². The van der Waals surface area contributed by atoms with Gasteiger partial charge in [-0.3, -0.25) is 9.59 Å². The number of carbonyl (C=O) groups is 2. The normalized spacial score (nSPS) is 16.8. The summed E-state index contributed by atoms with van der Waals surface area (Å²) in [5.41, 5.74) is 2.31. The van der Waals surface area contributed by atoms with E-state index in [9.17, 15) is 9.59 Å². The molecule has 0 saturated carbocycles. The number of rotatable bonds is 4. The summed E-state index contributed by atoms with van der Waals surface area (Å²) in [6.45, 7) is 0.332. The molecule has 25 heavy (non-hydrogen) atoms. The predicted octanol–water partition coefficient (Wildman–Crippen LogP) is 3.40. The van der Waals surface area contributed by atoms with Crippen LogP contribution < -0.4 is 15.1 Å². The second-order valence-corrected chi connectivity index (χ2v) is 6.66. The van der Waals surface area contributed by atoms with Crippen molar-refractivity contribution in [3.05, 3.63) is 53.6 Å². The molecule has 1 atom stereocenters. The fourth-order valence-electron chi connectivity index (χ4n) is 2.99. The Balaban J connectivity index is 1.75. The highest BCUT2D eigenvalue weighted by molar-refractivity contribution is 6.33. The molecule has 1 fully saturated rings. The molecule has 0 aliphatic carbocycles. The van der Waals surface area contributed by atoms with Crippen LogP contribution in [0.25, 0.3) is 0 Å². The summed E-state index contributed by atoms with van der Waals surface area (Å²) >= 11 is 6.18. The van der Waals surface area contributed by atoms with Crippen LogP contribution in [0.1, 0.15) is 6.42 Å². The molecule has 1 aliphatic heterocycles. The second kappa shape index (κ2) is 7.15. The van der Waals surface area contributed by atoms with Crippen LogP contribution in [0.3, 0.4) is 0 Å². The minimum atomic E-state index is -0.404. The maximum absolute atomic E-state index is 12.7. The molecule has 1 aliphatic rings. The van der Waals surface area contributed by atoms with Gasteiger partial charge in [0.1, 0.15) is 0 Å². The molecule has 0 bridgehead atoms. The van der Waals surface area contributed by atoms with Crippen molar-refractivity contribution in [3.63, 3.8) is 0 Å². The number of amides is 2. The fraction of sp³-hybridized carbons (Fsp3) is 0.263. The molecule has 0 radical (unpaired) electrons. The lowest BCUT2D eigenvalue weighted by Gasteiger charge is -2.20. The third-order valence-corrected chi connectivity index (χ3v) is 4.60. The fourth-order valence-corrected chi connectivity index (χ4v) is 3.23. The number of anilines is 3. The Bertz CT molecular complexity index is 807. The molecule has 130 valence electrons. The summed E-state index contributed by atoms with van der Waals surface area (Å²) in [4.78, 5) is 28.5. The predicted molar refractivity (Wildman–Crippen MR) is 101 cm³/mol. The van der Waals surface area contributed by atoms with Crippen LogP contribution in [0.4, 0.5) is 17.1 Å². The Morgan fingerprint density at radius 2 is 1.84 bits per heavy atom. The highest BCUT2D eigenvalue weighted by atomic mass is 35.5. The van der Waals surface area contributed by atoms with Crippen molar-refractivity contribution in [1.82, 2.24) is 0 Å². The van der Waals surface area contributed by atoms with Crippen molar-refractivity contribution in [2.45, 2.75) is 6.42 Å². The summed E-state index contributed by atoms with van der Waals surface area (Å²) in [5.74, 6) is -0.648. The average Bonchev–Trinajstić information content (AvgIpc) is 2.97. The van der Waals surface area contributed by atoms with Gasteiger partial charge in [0.05, 0.1) is 28.0 Å². The molecule has 0 spiro atoms. The minimum Gasteiger partial charge on any atom is -0.376 e. The second-order valence-electron chi connectivity index (χ2n) is 6.26. The third-order valence-electron chi connectivity index (χ3n) is 4.28. The Morgan fingerprint density at radius 1 is 1.16 bits per heavy atom. The number of carbonyl (C=O) groups excluding carboxylic acids is 2. The van der Waals surface area contributed by atoms with Crippen molar-refractivity contribution in [3.8, 4) is 0 Å². The molecule has 1 heterocycles. The lowest BCUT2D eigenvalue weighted by molar-refractivity contribution is -0.122. The quantitative estimate of drug-likeness (QED) is 0.912. The van der Waals surface area contributed by atoms with Gasteiger partial charge in [-0.1, -0.05) is 35.9 Å². The zero-order valence-electron chi connectivity index (χ0n) is 14.2. The summed E-state index contributed by atoms with van der Waals surface area (Å²) in [6.07, 6.45) is 0.182. The van der Waals surface area contributed by atoms with E-state index < -0.39 is 5.92 Å². The molecule has 2 amide bonds. The molecule has 1 saturated heterocycles. The van der Waals surface area contributed by atoms with Crippen LogP contribution in [0, 0.1) is 5.92 Å². The number of benzene rings is 2. The van der Waals surface area contributed by atoms with E-state index in [-0.39, 0.29) is 18.2 Å². The van der Waals surface area contributed by atoms with E-state index in [4.69, 9.17) is 11.6 Å². The van der Waals surface area contributed by atoms with Gasteiger partial charge in [0.25, 0.3) is 0 Å². The monoisotopic (exact) mass is 357 g/mol. The van der Waals surface area contributed by atoms with E-state index in [2.05, 4.69) is 5.32 Å². The number of hydrogen-bond donors (Lipinski definition) is 1. The van der Waals surface area contributed by atoms with Crippen molar-refractivity contribution in [1.29, 1.82) is 0 Å². The smallest absolute Gasteiger partial charge is 0.229 e. The average molecular weight is 358 g/mol. The largest absolute Gasteiger partial charge is 0.376 e. The highest BCUT2D eigenvalue weighted by Crippen LogP contribution is 2.32. The molecule has 1 unspecified atom stereocenters. The van der Waals surface area contributed by atoms with E-state index in [0.717, 1.165) is 11.4 Å². The zero-order valence-corrected chi connectivity index (χ0v) is 15.0. The lowest BCUT2D eigenvalue weighted by Crippen LogP contribution is -2.28. The first-order valence-corrected chi connectivity index (χ1v) is 8.47. The maximum Gasteiger partial charge on any atom is 0.229 e. The summed E-state index contributed by atoms with van der Waals surface area (Å²) in [7, 11) is 3.84. The van der Waals surface area contributed by atoms with Crippen LogP contribution >= 0.6 is 11.6 Å². The van der Waals surface area contributed by atoms with Gasteiger partial charge >= 0.3 is 0 Å². The number of nitrogens with one attached hydrogen (secondary N) is 1. The van der Waals surface area contributed by atoms with Crippen LogP contribution in [0.15, 0.2) is 48.5 Å². The van der Waals surface area contributed by atoms with Gasteiger partial charge in [-0.15, -0.1) is 0 Å². The van der Waals surface area contributed by atoms with E-state index in [0.29, 0.717) is 17.3 Å². The van der Waals surface area contributed by atoms with E-state index in [1.54, 1.807) is 17.0 Å². The van der Waals surface area contributed by atoms with Crippen molar-refractivity contribution in [2.24, 2.45) is 5.92 Å². The SMILES string of the molecule is CN(C)c1ccccc1NC(=O)C1CC(=O)N(c2ccccc2Cl)C1. The Hall–Kier alpha value is -2.53. The van der Waals surface area contributed by atoms with E-state index in [1.807, 2.05) is 55.4 Å². The van der Waals surface area contributed by atoms with Gasteiger partial charge in [0, 0.05) is 27.1 Å². The van der Waals surface area contributed by atoms with Crippen LogP contribution in [0.5, 0.6) is 0 Å². The van der Waals surface area contributed by atoms with Crippen LogP contribution in [-0.2, 0) is 9.59 Å². The van der Waals surface area contributed by atoms with Gasteiger partial charge in [-0.2, -0.15) is 0 Å². The zero-order chi connectivity index (χ0) is 18.0. The van der Waals surface area contributed by atoms with E-state index in [1.165, 1.54) is 0 Å². The van der Waals surface area contributed by atoms with Crippen molar-refractivity contribution in [2.75, 3.05) is 35.8 Å². The molecule has 0 aromatic heterocycles. The van der Waals surface area contributed by atoms with Gasteiger partial charge in [0.2, 0.25) is 11.8 Å². The summed E-state index contributed by atoms with van der Waals surface area (Å²) < 4.78 is 0. The summed E-state index contributed by atoms with van der Waals surface area (Å²) in [6, 6.07) is 14.8. The van der Waals surface area contributed by atoms with Gasteiger partial charge < -0.3 is 15.1 Å². The topological polar surface area (TPSA) is 52.7 Å². The molecule has 2 aromatic carbocycles. The van der Waals surface area contributed by atoms with Crippen LogP contribution in [-0.4, -0.2) is 32.5 Å². The number of halogens is 1. The Morgan fingerprint density at radius 3 is 2.56 bits per heavy atom. The first-order valence-electron chi connectivity index (χ1n) is 8.09. The number of nitrogens with zero attached hydrogens (tertiary/aromatic N) is 2. The third kappa shape index (κ3) is 3.61. The summed E-state index contributed by atoms with van der Waals surface area (Å²) in [5, 5.41) is 3.46. The van der Waals surface area contributed by atoms with Gasteiger partial charge in [-0.25, -0.2) is 0 Å². The minimum absolute atomic E-state index is 0.0888. The maximum atomic E-state index is 12.7. The van der Waals surface area contributed by atoms with E-state index >= 15 is 0 Å². The van der Waals surface area contributed by atoms with Gasteiger partial charge in [-0.05, 0) is 24.3 Å².